The predicted octanol–water partition coefficient (Wildman–Crippen LogP) is 6.32. The Labute approximate surface area is 155 Å². The van der Waals surface area contributed by atoms with E-state index in [-0.39, 0.29) is 5.41 Å². The lowest BCUT2D eigenvalue weighted by molar-refractivity contribution is 0.568. The molecule has 0 N–H and O–H groups in total. The van der Waals surface area contributed by atoms with Gasteiger partial charge in [-0.25, -0.2) is 0 Å². The largest absolute Gasteiger partial charge is 0.0991 e. The van der Waals surface area contributed by atoms with Gasteiger partial charge in [0.1, 0.15) is 0 Å². The lowest BCUT2D eigenvalue weighted by atomic mass is 9.74. The molecule has 0 radical (unpaired) electrons. The van der Waals surface area contributed by atoms with Crippen LogP contribution in [0.15, 0.2) is 85.5 Å². The number of allylic oxidation sites excluding steroid dienone is 4. The summed E-state index contributed by atoms with van der Waals surface area (Å²) in [6, 6.07) is 20.2. The third-order valence-electron chi connectivity index (χ3n) is 6.21. The first-order valence-corrected chi connectivity index (χ1v) is 9.27. The highest BCUT2D eigenvalue weighted by Gasteiger charge is 2.49. The third kappa shape index (κ3) is 1.90. The van der Waals surface area contributed by atoms with Crippen LogP contribution < -0.4 is 0 Å². The van der Waals surface area contributed by atoms with Gasteiger partial charge in [0.2, 0.25) is 0 Å². The van der Waals surface area contributed by atoms with Gasteiger partial charge in [-0.05, 0) is 63.9 Å². The van der Waals surface area contributed by atoms with E-state index >= 15 is 0 Å². The summed E-state index contributed by atoms with van der Waals surface area (Å²) in [5.41, 5.74) is 9.49. The molecule has 2 aliphatic rings. The molecule has 126 valence electrons. The normalized spacial score (nSPS) is 18.5. The van der Waals surface area contributed by atoms with Crippen LogP contribution in [0.3, 0.4) is 0 Å². The van der Waals surface area contributed by atoms with Gasteiger partial charge >= 0.3 is 0 Å². The Morgan fingerprint density at radius 1 is 0.962 bits per heavy atom. The maximum Gasteiger partial charge on any atom is 0.0301 e. The van der Waals surface area contributed by atoms with Crippen LogP contribution in [0.5, 0.6) is 0 Å². The van der Waals surface area contributed by atoms with Gasteiger partial charge in [0.15, 0.2) is 0 Å². The van der Waals surface area contributed by atoms with E-state index in [0.717, 1.165) is 18.4 Å². The van der Waals surface area contributed by atoms with Gasteiger partial charge in [-0.2, -0.15) is 0 Å². The second kappa shape index (κ2) is 5.32. The van der Waals surface area contributed by atoms with Crippen LogP contribution in [0.4, 0.5) is 0 Å². The van der Waals surface area contributed by atoms with Crippen LogP contribution in [0, 0.1) is 6.92 Å². The maximum absolute atomic E-state index is 4.49. The van der Waals surface area contributed by atoms with Gasteiger partial charge in [-0.3, -0.25) is 0 Å². The number of hydrogen-bond acceptors (Lipinski definition) is 0. The monoisotopic (exact) mass is 334 g/mol. The Bertz CT molecular complexity index is 1100. The third-order valence-corrected chi connectivity index (χ3v) is 6.21. The molecule has 0 aromatic heterocycles. The van der Waals surface area contributed by atoms with Crippen molar-refractivity contribution in [1.82, 2.24) is 0 Å². The summed E-state index contributed by atoms with van der Waals surface area (Å²) in [7, 11) is 0. The van der Waals surface area contributed by atoms with Crippen molar-refractivity contribution in [2.45, 2.75) is 25.2 Å². The topological polar surface area (TPSA) is 0 Å². The molecule has 0 aliphatic heterocycles. The fraction of sp³-hybridized carbons (Fsp3) is 0.154. The molecule has 0 amide bonds. The van der Waals surface area contributed by atoms with Crippen molar-refractivity contribution < 1.29 is 0 Å². The number of rotatable bonds is 1. The second-order valence-corrected chi connectivity index (χ2v) is 7.71. The predicted molar refractivity (Wildman–Crippen MR) is 112 cm³/mol. The van der Waals surface area contributed by atoms with Crippen LogP contribution in [-0.4, -0.2) is 0 Å². The van der Waals surface area contributed by atoms with Crippen molar-refractivity contribution in [3.63, 3.8) is 0 Å². The average Bonchev–Trinajstić information content (AvgIpc) is 3.13. The summed E-state index contributed by atoms with van der Waals surface area (Å²) >= 11 is 0. The van der Waals surface area contributed by atoms with Gasteiger partial charge in [0, 0.05) is 5.41 Å². The highest BCUT2D eigenvalue weighted by Crippen LogP contribution is 2.57. The van der Waals surface area contributed by atoms with Crippen molar-refractivity contribution in [2.75, 3.05) is 0 Å². The van der Waals surface area contributed by atoms with Gasteiger partial charge in [-0.15, -0.1) is 0 Å². The number of aryl methyl sites for hydroxylation is 1. The first-order valence-electron chi connectivity index (χ1n) is 9.27. The van der Waals surface area contributed by atoms with Crippen LogP contribution in [-0.2, 0) is 18.3 Å². The molecule has 0 bridgehead atoms. The molecule has 0 heterocycles. The van der Waals surface area contributed by atoms with E-state index in [2.05, 4.69) is 80.8 Å². The number of hydrogen-bond donors (Lipinski definition) is 0. The first kappa shape index (κ1) is 15.4. The van der Waals surface area contributed by atoms with Crippen molar-refractivity contribution in [3.05, 3.63) is 113 Å². The molecule has 3 aromatic rings. The number of benzene rings is 3. The summed E-state index contributed by atoms with van der Waals surface area (Å²) in [6.07, 6.45) is 6.20. The fourth-order valence-electron chi connectivity index (χ4n) is 5.15. The zero-order valence-corrected chi connectivity index (χ0v) is 15.2. The second-order valence-electron chi connectivity index (χ2n) is 7.71. The van der Waals surface area contributed by atoms with E-state index in [0.29, 0.717) is 0 Å². The van der Waals surface area contributed by atoms with Gasteiger partial charge < -0.3 is 0 Å². The zero-order valence-electron chi connectivity index (χ0n) is 15.2. The Kier molecular flexibility index (Phi) is 3.15. The Morgan fingerprint density at radius 3 is 2.38 bits per heavy atom. The van der Waals surface area contributed by atoms with Crippen LogP contribution >= 0.6 is 0 Å². The van der Waals surface area contributed by atoms with Crippen LogP contribution in [0.1, 0.15) is 27.8 Å². The molecule has 2 aliphatic carbocycles. The van der Waals surface area contributed by atoms with Crippen LogP contribution in [0.2, 0.25) is 0 Å². The molecule has 0 unspecified atom stereocenters. The zero-order chi connectivity index (χ0) is 17.9. The molecular formula is C26H22. The quantitative estimate of drug-likeness (QED) is 0.488. The molecule has 3 aromatic carbocycles. The minimum Gasteiger partial charge on any atom is -0.0991 e. The summed E-state index contributed by atoms with van der Waals surface area (Å²) in [5.74, 6) is 0. The van der Waals surface area contributed by atoms with Crippen molar-refractivity contribution in [2.24, 2.45) is 0 Å². The van der Waals surface area contributed by atoms with E-state index in [4.69, 9.17) is 0 Å². The van der Waals surface area contributed by atoms with E-state index in [1.807, 2.05) is 6.08 Å². The highest BCUT2D eigenvalue weighted by molar-refractivity contribution is 6.00. The van der Waals surface area contributed by atoms with E-state index in [1.54, 1.807) is 0 Å². The number of fused-ring (bicyclic) bond motifs is 5. The molecule has 1 spiro atoms. The fourth-order valence-corrected chi connectivity index (χ4v) is 5.15. The molecule has 0 nitrogen and oxygen atoms in total. The minimum absolute atomic E-state index is 0.0148. The lowest BCUT2D eigenvalue weighted by Gasteiger charge is -2.28. The van der Waals surface area contributed by atoms with Crippen molar-refractivity contribution in [3.8, 4) is 0 Å². The smallest absolute Gasteiger partial charge is 0.0301 e. The van der Waals surface area contributed by atoms with Gasteiger partial charge in [-0.1, -0.05) is 85.5 Å². The first-order chi connectivity index (χ1) is 12.6. The summed E-state index contributed by atoms with van der Waals surface area (Å²) < 4.78 is 0. The SMILES string of the molecule is C=C/C=C1\C(=C)c2ccc3cc(C)ccc3c2C12Cc1ccccc1C2. The Morgan fingerprint density at radius 2 is 1.69 bits per heavy atom. The van der Waals surface area contributed by atoms with Gasteiger partial charge in [0.05, 0.1) is 0 Å². The molecule has 0 saturated carbocycles. The summed E-state index contributed by atoms with van der Waals surface area (Å²) in [6.45, 7) is 10.6. The van der Waals surface area contributed by atoms with E-state index in [9.17, 15) is 0 Å². The van der Waals surface area contributed by atoms with E-state index < -0.39 is 0 Å². The lowest BCUT2D eigenvalue weighted by Crippen LogP contribution is -2.26. The highest BCUT2D eigenvalue weighted by atomic mass is 14.5. The minimum atomic E-state index is -0.0148. The molecule has 0 heteroatoms. The van der Waals surface area contributed by atoms with Crippen molar-refractivity contribution >= 4 is 16.3 Å². The van der Waals surface area contributed by atoms with Crippen molar-refractivity contribution in [1.29, 1.82) is 0 Å². The molecule has 0 atom stereocenters. The van der Waals surface area contributed by atoms with E-state index in [1.165, 1.54) is 44.2 Å². The van der Waals surface area contributed by atoms with Crippen LogP contribution in [0.25, 0.3) is 16.3 Å². The Hall–Kier alpha value is -2.86. The molecule has 0 fully saturated rings. The standard InChI is InChI=1S/C26H22/c1-4-7-24-18(3)22-13-11-19-14-17(2)10-12-23(19)25(22)26(24)15-20-8-5-6-9-21(20)16-26/h4-14H,1,3,15-16H2,2H3/b24-7+. The average molecular weight is 334 g/mol. The maximum atomic E-state index is 4.49. The molecule has 0 saturated heterocycles. The summed E-state index contributed by atoms with van der Waals surface area (Å²) in [5, 5.41) is 2.70. The Balaban J connectivity index is 1.86. The summed E-state index contributed by atoms with van der Waals surface area (Å²) in [4.78, 5) is 0. The molecule has 5 rings (SSSR count). The van der Waals surface area contributed by atoms with Gasteiger partial charge in [0.25, 0.3) is 0 Å². The molecule has 26 heavy (non-hydrogen) atoms. The molecular weight excluding hydrogens is 312 g/mol.